The first-order valence-corrected chi connectivity index (χ1v) is 6.47. The van der Waals surface area contributed by atoms with Gasteiger partial charge in [-0.2, -0.15) is 0 Å². The zero-order valence-corrected chi connectivity index (χ0v) is 10.1. The fourth-order valence-corrected chi connectivity index (χ4v) is 2.33. The molecule has 0 aromatic heterocycles. The van der Waals surface area contributed by atoms with Crippen LogP contribution in [0, 0.1) is 5.82 Å². The number of hydrogen-bond acceptors (Lipinski definition) is 2. The Morgan fingerprint density at radius 2 is 1.71 bits per heavy atom. The van der Waals surface area contributed by atoms with Gasteiger partial charge in [-0.3, -0.25) is 0 Å². The van der Waals surface area contributed by atoms with E-state index >= 15 is 0 Å². The van der Waals surface area contributed by atoms with Gasteiger partial charge in [-0.25, -0.2) is 4.39 Å². The van der Waals surface area contributed by atoms with Crippen molar-refractivity contribution in [3.8, 4) is 5.75 Å². The number of nitrogens with two attached hydrogens (primary N) is 1. The fraction of sp³-hybridized carbons (Fsp3) is 0.571. The molecule has 1 aliphatic carbocycles. The Morgan fingerprint density at radius 1 is 1.06 bits per heavy atom. The van der Waals surface area contributed by atoms with Crippen LogP contribution < -0.4 is 10.5 Å². The Labute approximate surface area is 102 Å². The molecule has 1 aromatic carbocycles. The molecular formula is C14H20FNO. The average Bonchev–Trinajstić information content (AvgIpc) is 2.25. The van der Waals surface area contributed by atoms with Gasteiger partial charge in [0.1, 0.15) is 0 Å². The lowest BCUT2D eigenvalue weighted by molar-refractivity contribution is 0.160. The number of ether oxygens (including phenoxy) is 1. The maximum Gasteiger partial charge on any atom is 0.167 e. The molecular weight excluding hydrogens is 217 g/mol. The molecule has 1 saturated carbocycles. The smallest absolute Gasteiger partial charge is 0.167 e. The molecule has 2 N–H and O–H groups in total. The van der Waals surface area contributed by atoms with Gasteiger partial charge in [-0.1, -0.05) is 19.3 Å². The second kappa shape index (κ2) is 5.89. The van der Waals surface area contributed by atoms with Gasteiger partial charge in [0, 0.05) is 11.8 Å². The van der Waals surface area contributed by atoms with E-state index in [9.17, 15) is 4.39 Å². The van der Waals surface area contributed by atoms with Crippen molar-refractivity contribution in [2.45, 2.75) is 51.0 Å². The summed E-state index contributed by atoms with van der Waals surface area (Å²) in [4.78, 5) is 0. The van der Waals surface area contributed by atoms with E-state index in [1.807, 2.05) is 0 Å². The van der Waals surface area contributed by atoms with Crippen LogP contribution in [-0.2, 0) is 0 Å². The Hall–Kier alpha value is -1.25. The highest BCUT2D eigenvalue weighted by Gasteiger charge is 2.14. The minimum Gasteiger partial charge on any atom is -0.487 e. The number of nitrogen functional groups attached to an aromatic ring is 1. The van der Waals surface area contributed by atoms with E-state index in [-0.39, 0.29) is 11.9 Å². The van der Waals surface area contributed by atoms with Crippen LogP contribution in [0.2, 0.25) is 0 Å². The van der Waals surface area contributed by atoms with Gasteiger partial charge in [-0.15, -0.1) is 0 Å². The molecule has 17 heavy (non-hydrogen) atoms. The minimum absolute atomic E-state index is 0.161. The van der Waals surface area contributed by atoms with Crippen molar-refractivity contribution in [2.24, 2.45) is 0 Å². The monoisotopic (exact) mass is 237 g/mol. The first-order chi connectivity index (χ1) is 8.25. The van der Waals surface area contributed by atoms with Crippen molar-refractivity contribution in [3.63, 3.8) is 0 Å². The summed E-state index contributed by atoms with van der Waals surface area (Å²) in [6.07, 6.45) is 8.45. The largest absolute Gasteiger partial charge is 0.487 e. The first-order valence-electron chi connectivity index (χ1n) is 6.47. The van der Waals surface area contributed by atoms with Crippen molar-refractivity contribution < 1.29 is 9.13 Å². The van der Waals surface area contributed by atoms with E-state index in [2.05, 4.69) is 0 Å². The highest BCUT2D eigenvalue weighted by Crippen LogP contribution is 2.25. The quantitative estimate of drug-likeness (QED) is 0.792. The van der Waals surface area contributed by atoms with Gasteiger partial charge < -0.3 is 10.5 Å². The van der Waals surface area contributed by atoms with Gasteiger partial charge in [0.05, 0.1) is 6.10 Å². The summed E-state index contributed by atoms with van der Waals surface area (Å²) in [5.41, 5.74) is 5.95. The second-order valence-electron chi connectivity index (χ2n) is 4.77. The van der Waals surface area contributed by atoms with Gasteiger partial charge >= 0.3 is 0 Å². The summed E-state index contributed by atoms with van der Waals surface area (Å²) >= 11 is 0. The topological polar surface area (TPSA) is 35.2 Å². The highest BCUT2D eigenvalue weighted by molar-refractivity contribution is 5.42. The second-order valence-corrected chi connectivity index (χ2v) is 4.77. The summed E-state index contributed by atoms with van der Waals surface area (Å²) in [7, 11) is 0. The normalized spacial score (nSPS) is 18.4. The maximum absolute atomic E-state index is 13.6. The third-order valence-electron chi connectivity index (χ3n) is 3.30. The Balaban J connectivity index is 1.98. The zero-order chi connectivity index (χ0) is 12.1. The van der Waals surface area contributed by atoms with Crippen LogP contribution >= 0.6 is 0 Å². The van der Waals surface area contributed by atoms with Crippen molar-refractivity contribution in [1.82, 2.24) is 0 Å². The SMILES string of the molecule is Nc1ccc(OC2CCCCCCC2)c(F)c1. The number of hydrogen-bond donors (Lipinski definition) is 1. The third-order valence-corrected chi connectivity index (χ3v) is 3.30. The fourth-order valence-electron chi connectivity index (χ4n) is 2.33. The van der Waals surface area contributed by atoms with Crippen molar-refractivity contribution >= 4 is 5.69 Å². The third kappa shape index (κ3) is 3.62. The van der Waals surface area contributed by atoms with E-state index in [4.69, 9.17) is 10.5 Å². The summed E-state index contributed by atoms with van der Waals surface area (Å²) in [5.74, 6) is -0.0168. The minimum atomic E-state index is -0.355. The molecule has 1 fully saturated rings. The van der Waals surface area contributed by atoms with Crippen molar-refractivity contribution in [3.05, 3.63) is 24.0 Å². The van der Waals surface area contributed by atoms with E-state index in [1.165, 1.54) is 38.2 Å². The van der Waals surface area contributed by atoms with Gasteiger partial charge in [0.15, 0.2) is 11.6 Å². The summed E-state index contributed by atoms with van der Waals surface area (Å²) in [5, 5.41) is 0. The van der Waals surface area contributed by atoms with Gasteiger partial charge in [0.25, 0.3) is 0 Å². The van der Waals surface area contributed by atoms with Crippen LogP contribution in [0.1, 0.15) is 44.9 Å². The molecule has 3 heteroatoms. The van der Waals surface area contributed by atoms with Crippen LogP contribution in [0.15, 0.2) is 18.2 Å². The Bertz CT molecular complexity index is 359. The number of benzene rings is 1. The standard InChI is InChI=1S/C14H20FNO/c15-13-10-11(16)8-9-14(13)17-12-6-4-2-1-3-5-7-12/h8-10,12H,1-7,16H2. The molecule has 1 aromatic rings. The van der Waals surface area contributed by atoms with E-state index in [0.717, 1.165) is 12.8 Å². The molecule has 0 atom stereocenters. The Morgan fingerprint density at radius 3 is 2.35 bits per heavy atom. The van der Waals surface area contributed by atoms with Crippen LogP contribution in [0.3, 0.4) is 0 Å². The van der Waals surface area contributed by atoms with E-state index < -0.39 is 0 Å². The van der Waals surface area contributed by atoms with Crippen molar-refractivity contribution in [1.29, 1.82) is 0 Å². The molecule has 0 unspecified atom stereocenters. The van der Waals surface area contributed by atoms with Crippen LogP contribution in [0.25, 0.3) is 0 Å². The zero-order valence-electron chi connectivity index (χ0n) is 10.1. The van der Waals surface area contributed by atoms with Gasteiger partial charge in [-0.05, 0) is 37.8 Å². The summed E-state index contributed by atoms with van der Waals surface area (Å²) in [6.45, 7) is 0. The van der Waals surface area contributed by atoms with Crippen LogP contribution in [-0.4, -0.2) is 6.10 Å². The maximum atomic E-state index is 13.6. The lowest BCUT2D eigenvalue weighted by Crippen LogP contribution is -2.18. The average molecular weight is 237 g/mol. The van der Waals surface area contributed by atoms with Crippen LogP contribution in [0.5, 0.6) is 5.75 Å². The molecule has 0 radical (unpaired) electrons. The molecule has 0 heterocycles. The molecule has 2 rings (SSSR count). The number of rotatable bonds is 2. The highest BCUT2D eigenvalue weighted by atomic mass is 19.1. The lowest BCUT2D eigenvalue weighted by atomic mass is 9.98. The Kier molecular flexibility index (Phi) is 4.24. The van der Waals surface area contributed by atoms with E-state index in [1.54, 1.807) is 12.1 Å². The molecule has 0 spiro atoms. The number of halogens is 1. The molecule has 94 valence electrons. The molecule has 0 aliphatic heterocycles. The molecule has 0 saturated heterocycles. The van der Waals surface area contributed by atoms with Gasteiger partial charge in [0.2, 0.25) is 0 Å². The molecule has 2 nitrogen and oxygen atoms in total. The van der Waals surface area contributed by atoms with E-state index in [0.29, 0.717) is 11.4 Å². The van der Waals surface area contributed by atoms with Crippen LogP contribution in [0.4, 0.5) is 10.1 Å². The molecule has 0 bridgehead atoms. The summed E-state index contributed by atoms with van der Waals surface area (Å²) in [6, 6.07) is 4.63. The number of anilines is 1. The first kappa shape index (κ1) is 12.2. The molecule has 1 aliphatic rings. The predicted octanol–water partition coefficient (Wildman–Crippen LogP) is 3.90. The summed E-state index contributed by atoms with van der Waals surface area (Å²) < 4.78 is 19.3. The van der Waals surface area contributed by atoms with Crippen molar-refractivity contribution in [2.75, 3.05) is 5.73 Å². The lowest BCUT2D eigenvalue weighted by Gasteiger charge is -2.21. The molecule has 0 amide bonds. The predicted molar refractivity (Wildman–Crippen MR) is 67.5 cm³/mol.